The van der Waals surface area contributed by atoms with Crippen molar-refractivity contribution in [3.63, 3.8) is 0 Å². The first-order valence-electron chi connectivity index (χ1n) is 9.13. The lowest BCUT2D eigenvalue weighted by atomic mass is 10.2. The maximum atomic E-state index is 13.2. The van der Waals surface area contributed by atoms with Crippen LogP contribution in [-0.4, -0.2) is 19.4 Å². The number of rotatable bonds is 5. The van der Waals surface area contributed by atoms with Gasteiger partial charge in [-0.15, -0.1) is 0 Å². The number of aromatic nitrogens is 2. The lowest BCUT2D eigenvalue weighted by Gasteiger charge is -2.11. The van der Waals surface area contributed by atoms with Gasteiger partial charge < -0.3 is 0 Å². The van der Waals surface area contributed by atoms with E-state index in [0.717, 1.165) is 0 Å². The largest absolute Gasteiger partial charge is 0.269 e. The van der Waals surface area contributed by atoms with E-state index in [4.69, 9.17) is 0 Å². The molecule has 0 amide bonds. The van der Waals surface area contributed by atoms with Gasteiger partial charge in [0.05, 0.1) is 26.4 Å². The number of hydrogen-bond acceptors (Lipinski definition) is 6. The number of nitrogens with zero attached hydrogens (tertiary/aromatic N) is 4. The quantitative estimate of drug-likeness (QED) is 0.353. The highest BCUT2D eigenvalue weighted by Gasteiger charge is 2.13. The molecule has 4 aromatic rings. The second-order valence-corrected chi connectivity index (χ2v) is 6.58. The van der Waals surface area contributed by atoms with Crippen molar-refractivity contribution in [1.29, 1.82) is 0 Å². The second-order valence-electron chi connectivity index (χ2n) is 6.58. The molecule has 0 N–H and O–H groups in total. The summed E-state index contributed by atoms with van der Waals surface area (Å²) in [6.45, 7) is 0. The van der Waals surface area contributed by atoms with E-state index in [2.05, 4.69) is 4.98 Å². The molecule has 0 unspecified atom stereocenters. The highest BCUT2D eigenvalue weighted by molar-refractivity contribution is 5.80. The maximum Gasteiger partial charge on any atom is 0.269 e. The molecule has 0 spiro atoms. The Morgan fingerprint density at radius 2 is 1.35 bits per heavy atom. The van der Waals surface area contributed by atoms with Crippen LogP contribution in [0.4, 0.5) is 11.4 Å². The third-order valence-electron chi connectivity index (χ3n) is 4.65. The van der Waals surface area contributed by atoms with Crippen LogP contribution in [0, 0.1) is 20.2 Å². The molecule has 0 aliphatic heterocycles. The minimum Gasteiger partial charge on any atom is -0.268 e. The summed E-state index contributed by atoms with van der Waals surface area (Å²) in [4.78, 5) is 38.5. The number of fused-ring (bicyclic) bond motifs is 1. The van der Waals surface area contributed by atoms with Crippen LogP contribution in [0.25, 0.3) is 28.7 Å². The van der Waals surface area contributed by atoms with E-state index in [0.29, 0.717) is 28.0 Å². The highest BCUT2D eigenvalue weighted by atomic mass is 16.6. The van der Waals surface area contributed by atoms with E-state index in [-0.39, 0.29) is 16.9 Å². The zero-order valence-electron chi connectivity index (χ0n) is 15.9. The van der Waals surface area contributed by atoms with Crippen molar-refractivity contribution in [2.75, 3.05) is 0 Å². The molecule has 0 saturated heterocycles. The second kappa shape index (κ2) is 7.99. The molecule has 0 aliphatic rings. The van der Waals surface area contributed by atoms with Crippen molar-refractivity contribution in [2.24, 2.45) is 0 Å². The van der Waals surface area contributed by atoms with Gasteiger partial charge in [-0.3, -0.25) is 29.6 Å². The van der Waals surface area contributed by atoms with Crippen LogP contribution in [0.2, 0.25) is 0 Å². The van der Waals surface area contributed by atoms with Crippen LogP contribution in [0.5, 0.6) is 0 Å². The Morgan fingerprint density at radius 3 is 1.97 bits per heavy atom. The fraction of sp³-hybridized carbons (Fsp3) is 0. The van der Waals surface area contributed by atoms with Crippen LogP contribution in [0.3, 0.4) is 0 Å². The van der Waals surface area contributed by atoms with E-state index in [9.17, 15) is 25.0 Å². The standard InChI is InChI=1S/C22H14N4O5/c27-22-19-3-1-2-4-20(19)23-21(14-7-15-5-8-17(9-6-15)25(28)29)24(22)16-10-12-18(13-11-16)26(30)31/h1-14H/b14-7+. The lowest BCUT2D eigenvalue weighted by Crippen LogP contribution is -2.22. The van der Waals surface area contributed by atoms with Crippen LogP contribution < -0.4 is 5.56 Å². The number of non-ortho nitro benzene ring substituents is 2. The Kier molecular flexibility index (Phi) is 5.07. The molecule has 0 atom stereocenters. The number of para-hydroxylation sites is 1. The third kappa shape index (κ3) is 3.92. The maximum absolute atomic E-state index is 13.2. The zero-order valence-corrected chi connectivity index (χ0v) is 15.9. The Labute approximate surface area is 174 Å². The molecule has 0 fully saturated rings. The summed E-state index contributed by atoms with van der Waals surface area (Å²) in [5.74, 6) is 0.316. The van der Waals surface area contributed by atoms with Crippen LogP contribution in [-0.2, 0) is 0 Å². The lowest BCUT2D eigenvalue weighted by molar-refractivity contribution is -0.385. The molecule has 9 heteroatoms. The first kappa shape index (κ1) is 19.6. The SMILES string of the molecule is O=c1c2ccccc2nc(/C=C/c2ccc([N+](=O)[O-])cc2)n1-c1ccc([N+](=O)[O-])cc1. The topological polar surface area (TPSA) is 121 Å². The Balaban J connectivity index is 1.85. The van der Waals surface area contributed by atoms with Gasteiger partial charge in [0, 0.05) is 24.3 Å². The molecular weight excluding hydrogens is 400 g/mol. The van der Waals surface area contributed by atoms with E-state index in [1.54, 1.807) is 48.6 Å². The smallest absolute Gasteiger partial charge is 0.268 e. The summed E-state index contributed by atoms with van der Waals surface area (Å²) in [6, 6.07) is 18.4. The van der Waals surface area contributed by atoms with E-state index >= 15 is 0 Å². The Morgan fingerprint density at radius 1 is 0.774 bits per heavy atom. The molecule has 152 valence electrons. The molecule has 0 aliphatic carbocycles. The number of hydrogen-bond donors (Lipinski definition) is 0. The fourth-order valence-electron chi connectivity index (χ4n) is 3.11. The summed E-state index contributed by atoms with van der Waals surface area (Å²) >= 11 is 0. The summed E-state index contributed by atoms with van der Waals surface area (Å²) in [6.07, 6.45) is 3.30. The van der Waals surface area contributed by atoms with Crippen molar-refractivity contribution in [3.05, 3.63) is 115 Å². The van der Waals surface area contributed by atoms with Gasteiger partial charge in [0.1, 0.15) is 5.82 Å². The van der Waals surface area contributed by atoms with Crippen LogP contribution in [0.15, 0.2) is 77.6 Å². The number of benzene rings is 3. The van der Waals surface area contributed by atoms with Crippen LogP contribution >= 0.6 is 0 Å². The minimum absolute atomic E-state index is 0.0243. The number of nitro groups is 2. The predicted molar refractivity (Wildman–Crippen MR) is 116 cm³/mol. The van der Waals surface area contributed by atoms with Gasteiger partial charge in [-0.05, 0) is 48.0 Å². The monoisotopic (exact) mass is 414 g/mol. The molecule has 4 rings (SSSR count). The van der Waals surface area contributed by atoms with Crippen LogP contribution in [0.1, 0.15) is 11.4 Å². The molecular formula is C22H14N4O5. The minimum atomic E-state index is -0.513. The van der Waals surface area contributed by atoms with Gasteiger partial charge in [0.2, 0.25) is 0 Å². The normalized spacial score (nSPS) is 11.1. The molecule has 9 nitrogen and oxygen atoms in total. The van der Waals surface area contributed by atoms with Gasteiger partial charge in [-0.1, -0.05) is 18.2 Å². The third-order valence-corrected chi connectivity index (χ3v) is 4.65. The highest BCUT2D eigenvalue weighted by Crippen LogP contribution is 2.19. The molecule has 1 aromatic heterocycles. The first-order valence-corrected chi connectivity index (χ1v) is 9.13. The average molecular weight is 414 g/mol. The zero-order chi connectivity index (χ0) is 22.0. The summed E-state index contributed by atoms with van der Waals surface area (Å²) in [5.41, 5.74) is 1.19. The van der Waals surface area contributed by atoms with Gasteiger partial charge in [-0.2, -0.15) is 0 Å². The van der Waals surface area contributed by atoms with Gasteiger partial charge in [0.25, 0.3) is 16.9 Å². The van der Waals surface area contributed by atoms with Gasteiger partial charge >= 0.3 is 0 Å². The van der Waals surface area contributed by atoms with Gasteiger partial charge in [0.15, 0.2) is 0 Å². The van der Waals surface area contributed by atoms with Crippen molar-refractivity contribution in [3.8, 4) is 5.69 Å². The van der Waals surface area contributed by atoms with Gasteiger partial charge in [-0.25, -0.2) is 4.98 Å². The Bertz CT molecular complexity index is 1390. The summed E-state index contributed by atoms with van der Waals surface area (Å²) in [7, 11) is 0. The fourth-order valence-corrected chi connectivity index (χ4v) is 3.11. The summed E-state index contributed by atoms with van der Waals surface area (Å²) in [5, 5.41) is 22.2. The first-order chi connectivity index (χ1) is 14.9. The Hall–Kier alpha value is -4.66. The van der Waals surface area contributed by atoms with Crippen molar-refractivity contribution < 1.29 is 9.85 Å². The molecule has 1 heterocycles. The van der Waals surface area contributed by atoms with E-state index in [1.165, 1.54) is 41.0 Å². The van der Waals surface area contributed by atoms with Crippen molar-refractivity contribution >= 4 is 34.4 Å². The van der Waals surface area contributed by atoms with Crippen molar-refractivity contribution in [2.45, 2.75) is 0 Å². The van der Waals surface area contributed by atoms with Crippen molar-refractivity contribution in [1.82, 2.24) is 9.55 Å². The molecule has 3 aromatic carbocycles. The molecule has 0 saturated carbocycles. The number of nitro benzene ring substituents is 2. The average Bonchev–Trinajstić information content (AvgIpc) is 2.78. The molecule has 0 bridgehead atoms. The predicted octanol–water partition coefficient (Wildman–Crippen LogP) is 4.37. The molecule has 0 radical (unpaired) electrons. The van der Waals surface area contributed by atoms with E-state index < -0.39 is 9.85 Å². The van der Waals surface area contributed by atoms with E-state index in [1.807, 2.05) is 0 Å². The summed E-state index contributed by atoms with van der Waals surface area (Å²) < 4.78 is 1.37. The molecule has 31 heavy (non-hydrogen) atoms.